The van der Waals surface area contributed by atoms with Crippen LogP contribution in [0.5, 0.6) is 0 Å². The Morgan fingerprint density at radius 1 is 1.00 bits per heavy atom. The van der Waals surface area contributed by atoms with Gasteiger partial charge in [-0.2, -0.15) is 13.2 Å². The Kier molecular flexibility index (Phi) is 4.17. The zero-order chi connectivity index (χ0) is 19.2. The van der Waals surface area contributed by atoms with Crippen molar-refractivity contribution >= 4 is 11.7 Å². The van der Waals surface area contributed by atoms with Crippen molar-refractivity contribution in [1.82, 2.24) is 9.88 Å². The normalized spacial score (nSPS) is 16.9. The van der Waals surface area contributed by atoms with Gasteiger partial charge in [0.1, 0.15) is 5.82 Å². The van der Waals surface area contributed by atoms with Crippen molar-refractivity contribution in [1.29, 1.82) is 0 Å². The lowest BCUT2D eigenvalue weighted by atomic mass is 10.1. The monoisotopic (exact) mass is 373 g/mol. The molecule has 2 aliphatic heterocycles. The van der Waals surface area contributed by atoms with Crippen LogP contribution in [-0.4, -0.2) is 42.0 Å². The van der Waals surface area contributed by atoms with Crippen molar-refractivity contribution in [2.24, 2.45) is 0 Å². The minimum Gasteiger partial charge on any atom is -0.348 e. The van der Waals surface area contributed by atoms with Crippen LogP contribution in [0.15, 0.2) is 53.7 Å². The van der Waals surface area contributed by atoms with Gasteiger partial charge in [-0.3, -0.25) is 4.79 Å². The van der Waals surface area contributed by atoms with Crippen LogP contribution in [0.25, 0.3) is 0 Å². The molecule has 2 aromatic rings. The van der Waals surface area contributed by atoms with Gasteiger partial charge in [0.05, 0.1) is 11.1 Å². The summed E-state index contributed by atoms with van der Waals surface area (Å²) >= 11 is 0. The zero-order valence-corrected chi connectivity index (χ0v) is 14.8. The summed E-state index contributed by atoms with van der Waals surface area (Å²) < 4.78 is 39.6. The fourth-order valence-electron chi connectivity index (χ4n) is 3.62. The summed E-state index contributed by atoms with van der Waals surface area (Å²) in [7, 11) is 0. The fraction of sp³-hybridized carbons (Fsp3) is 0.300. The molecule has 0 N–H and O–H groups in total. The molecule has 4 nitrogen and oxygen atoms in total. The lowest BCUT2D eigenvalue weighted by Crippen LogP contribution is -2.35. The molecule has 1 amide bonds. The molecular weight excluding hydrogens is 355 g/mol. The summed E-state index contributed by atoms with van der Waals surface area (Å²) in [4.78, 5) is 20.7. The topological polar surface area (TPSA) is 36.4 Å². The van der Waals surface area contributed by atoms with E-state index in [4.69, 9.17) is 0 Å². The second kappa shape index (κ2) is 6.40. The number of anilines is 1. The molecule has 27 heavy (non-hydrogen) atoms. The molecule has 0 fully saturated rings. The summed E-state index contributed by atoms with van der Waals surface area (Å²) in [6, 6.07) is 8.92. The van der Waals surface area contributed by atoms with Crippen LogP contribution < -0.4 is 4.90 Å². The van der Waals surface area contributed by atoms with Crippen LogP contribution in [-0.2, 0) is 6.18 Å². The van der Waals surface area contributed by atoms with E-state index in [-0.39, 0.29) is 5.56 Å². The average molecular weight is 373 g/mol. The largest absolute Gasteiger partial charge is 0.417 e. The highest BCUT2D eigenvalue weighted by Gasteiger charge is 2.38. The Bertz CT molecular complexity index is 901. The van der Waals surface area contributed by atoms with Gasteiger partial charge in [-0.15, -0.1) is 0 Å². The van der Waals surface area contributed by atoms with Crippen molar-refractivity contribution in [3.8, 4) is 0 Å². The van der Waals surface area contributed by atoms with E-state index in [1.54, 1.807) is 0 Å². The van der Waals surface area contributed by atoms with E-state index in [1.807, 2.05) is 25.3 Å². The van der Waals surface area contributed by atoms with E-state index in [2.05, 4.69) is 9.88 Å². The fourth-order valence-corrected chi connectivity index (χ4v) is 3.62. The van der Waals surface area contributed by atoms with Gasteiger partial charge in [0, 0.05) is 32.4 Å². The summed E-state index contributed by atoms with van der Waals surface area (Å²) in [5, 5.41) is 0. The van der Waals surface area contributed by atoms with Gasteiger partial charge in [0.25, 0.3) is 5.91 Å². The molecule has 0 radical (unpaired) electrons. The SMILES string of the molecule is Cc1ccc(N2CC3=C(CN(C(=O)c4ccccc4C(F)(F)F)C3)C2)nc1. The van der Waals surface area contributed by atoms with Gasteiger partial charge in [-0.25, -0.2) is 4.98 Å². The number of aromatic nitrogens is 1. The number of rotatable bonds is 2. The maximum atomic E-state index is 13.2. The summed E-state index contributed by atoms with van der Waals surface area (Å²) in [6.07, 6.45) is -2.74. The van der Waals surface area contributed by atoms with Crippen molar-refractivity contribution in [2.75, 3.05) is 31.1 Å². The molecule has 0 saturated heterocycles. The van der Waals surface area contributed by atoms with Crippen LogP contribution in [0.4, 0.5) is 19.0 Å². The molecule has 0 unspecified atom stereocenters. The average Bonchev–Trinajstić information content (AvgIpc) is 3.20. The highest BCUT2D eigenvalue weighted by Crippen LogP contribution is 2.34. The van der Waals surface area contributed by atoms with E-state index in [0.29, 0.717) is 26.2 Å². The zero-order valence-electron chi connectivity index (χ0n) is 14.8. The van der Waals surface area contributed by atoms with Crippen molar-refractivity contribution in [3.63, 3.8) is 0 Å². The Hall–Kier alpha value is -2.83. The van der Waals surface area contributed by atoms with E-state index in [9.17, 15) is 18.0 Å². The Morgan fingerprint density at radius 3 is 2.26 bits per heavy atom. The second-order valence-corrected chi connectivity index (χ2v) is 6.96. The number of hydrogen-bond donors (Lipinski definition) is 0. The van der Waals surface area contributed by atoms with Gasteiger partial charge in [-0.1, -0.05) is 18.2 Å². The minimum atomic E-state index is -4.55. The van der Waals surface area contributed by atoms with Gasteiger partial charge in [0.2, 0.25) is 0 Å². The second-order valence-electron chi connectivity index (χ2n) is 6.96. The number of pyridine rings is 1. The Labute approximate surface area is 154 Å². The maximum absolute atomic E-state index is 13.2. The molecule has 2 aliphatic rings. The molecule has 7 heteroatoms. The van der Waals surface area contributed by atoms with Gasteiger partial charge in [-0.05, 0) is 41.8 Å². The van der Waals surface area contributed by atoms with E-state index in [1.165, 1.54) is 23.1 Å². The summed E-state index contributed by atoms with van der Waals surface area (Å²) in [5.74, 6) is 0.299. The summed E-state index contributed by atoms with van der Waals surface area (Å²) in [5.41, 5.74) is 2.10. The Balaban J connectivity index is 1.47. The predicted octanol–water partition coefficient (Wildman–Crippen LogP) is 3.68. The number of carbonyl (C=O) groups excluding carboxylic acids is 1. The van der Waals surface area contributed by atoms with Crippen molar-refractivity contribution in [3.05, 3.63) is 70.4 Å². The molecule has 1 aromatic carbocycles. The van der Waals surface area contributed by atoms with Gasteiger partial charge in [0.15, 0.2) is 0 Å². The maximum Gasteiger partial charge on any atom is 0.417 e. The first kappa shape index (κ1) is 17.6. The quantitative estimate of drug-likeness (QED) is 0.754. The lowest BCUT2D eigenvalue weighted by Gasteiger charge is -2.24. The molecule has 0 atom stereocenters. The third-order valence-corrected chi connectivity index (χ3v) is 5.00. The first-order valence-corrected chi connectivity index (χ1v) is 8.66. The van der Waals surface area contributed by atoms with E-state index < -0.39 is 17.6 Å². The van der Waals surface area contributed by atoms with Crippen LogP contribution in [0.1, 0.15) is 21.5 Å². The lowest BCUT2D eigenvalue weighted by molar-refractivity contribution is -0.138. The molecule has 4 rings (SSSR count). The number of nitrogens with zero attached hydrogens (tertiary/aromatic N) is 3. The smallest absolute Gasteiger partial charge is 0.348 e. The van der Waals surface area contributed by atoms with Gasteiger partial charge < -0.3 is 9.80 Å². The van der Waals surface area contributed by atoms with Crippen molar-refractivity contribution in [2.45, 2.75) is 13.1 Å². The number of aryl methyl sites for hydroxylation is 1. The molecule has 0 saturated carbocycles. The molecule has 3 heterocycles. The third-order valence-electron chi connectivity index (χ3n) is 5.00. The molecular formula is C20H18F3N3O. The number of benzene rings is 1. The van der Waals surface area contributed by atoms with Crippen molar-refractivity contribution < 1.29 is 18.0 Å². The predicted molar refractivity (Wildman–Crippen MR) is 95.6 cm³/mol. The first-order chi connectivity index (χ1) is 12.8. The van der Waals surface area contributed by atoms with E-state index >= 15 is 0 Å². The number of amides is 1. The summed E-state index contributed by atoms with van der Waals surface area (Å²) in [6.45, 7) is 4.00. The van der Waals surface area contributed by atoms with E-state index in [0.717, 1.165) is 28.6 Å². The number of alkyl halides is 3. The molecule has 0 aliphatic carbocycles. The number of hydrogen-bond acceptors (Lipinski definition) is 3. The highest BCUT2D eigenvalue weighted by molar-refractivity contribution is 5.96. The van der Waals surface area contributed by atoms with Crippen LogP contribution in [0.3, 0.4) is 0 Å². The minimum absolute atomic E-state index is 0.289. The van der Waals surface area contributed by atoms with Crippen LogP contribution in [0, 0.1) is 6.92 Å². The highest BCUT2D eigenvalue weighted by atomic mass is 19.4. The molecule has 140 valence electrons. The van der Waals surface area contributed by atoms with Gasteiger partial charge >= 0.3 is 6.18 Å². The third kappa shape index (κ3) is 3.29. The molecule has 0 bridgehead atoms. The number of halogens is 3. The first-order valence-electron chi connectivity index (χ1n) is 8.66. The molecule has 0 spiro atoms. The van der Waals surface area contributed by atoms with Crippen LogP contribution >= 0.6 is 0 Å². The Morgan fingerprint density at radius 2 is 1.67 bits per heavy atom. The van der Waals surface area contributed by atoms with Crippen LogP contribution in [0.2, 0.25) is 0 Å². The number of carbonyl (C=O) groups is 1. The molecule has 1 aromatic heterocycles. The standard InChI is InChI=1S/C20H18F3N3O/c1-13-6-7-18(24-8-13)25-9-14-11-26(12-15(14)10-25)19(27)16-4-2-3-5-17(16)20(21,22)23/h2-8H,9-12H2,1H3.